The molecule has 44 valence electrons. The van der Waals surface area contributed by atoms with Crippen LogP contribution in [0, 0.1) is 0 Å². The number of amides is 1. The summed E-state index contributed by atoms with van der Waals surface area (Å²) in [7, 11) is 0. The molecule has 0 atom stereocenters. The van der Waals surface area contributed by atoms with Crippen LogP contribution in [-0.2, 0) is 4.74 Å². The number of hydrogen-bond donors (Lipinski definition) is 0. The third-order valence-electron chi connectivity index (χ3n) is 0.771. The van der Waals surface area contributed by atoms with Gasteiger partial charge in [0.05, 0.1) is 0 Å². The maximum absolute atomic E-state index is 10.2. The van der Waals surface area contributed by atoms with Crippen LogP contribution in [0.15, 0.2) is 4.99 Å². The lowest BCUT2D eigenvalue weighted by molar-refractivity contribution is 0.181. The van der Waals surface area contributed by atoms with Gasteiger partial charge in [-0.15, -0.1) is 11.8 Å². The number of carbonyl (C=O) groups excluding carboxylic acids is 1. The minimum Gasteiger partial charge on any atom is -0.441 e. The smallest absolute Gasteiger partial charge is 0.434 e. The fourth-order valence-corrected chi connectivity index (χ4v) is 0.737. The maximum atomic E-state index is 10.2. The standard InChI is InChI=1S/C4H5NO2S/c1-8-3-2-7-4(6)5-3/h2H2,1H3. The van der Waals surface area contributed by atoms with Crippen molar-refractivity contribution in [1.29, 1.82) is 0 Å². The van der Waals surface area contributed by atoms with E-state index in [4.69, 9.17) is 0 Å². The Bertz CT molecular complexity index is 143. The molecule has 4 heteroatoms. The van der Waals surface area contributed by atoms with Crippen LogP contribution in [0.1, 0.15) is 0 Å². The number of hydrogen-bond acceptors (Lipinski definition) is 3. The molecule has 0 spiro atoms. The second-order valence-electron chi connectivity index (χ2n) is 1.26. The zero-order valence-electron chi connectivity index (χ0n) is 4.38. The van der Waals surface area contributed by atoms with Crippen LogP contribution in [0.2, 0.25) is 0 Å². The fraction of sp³-hybridized carbons (Fsp3) is 0.500. The predicted molar refractivity (Wildman–Crippen MR) is 32.3 cm³/mol. The van der Waals surface area contributed by atoms with Gasteiger partial charge in [0.1, 0.15) is 11.7 Å². The van der Waals surface area contributed by atoms with E-state index < -0.39 is 6.09 Å². The number of ether oxygens (including phenoxy) is 1. The summed E-state index contributed by atoms with van der Waals surface area (Å²) in [5.74, 6) is 0. The molecule has 1 amide bonds. The van der Waals surface area contributed by atoms with E-state index in [0.29, 0.717) is 6.61 Å². The van der Waals surface area contributed by atoms with Gasteiger partial charge in [-0.1, -0.05) is 0 Å². The summed E-state index contributed by atoms with van der Waals surface area (Å²) in [4.78, 5) is 13.7. The second-order valence-corrected chi connectivity index (χ2v) is 2.14. The van der Waals surface area contributed by atoms with Crippen LogP contribution in [-0.4, -0.2) is 24.0 Å². The molecule has 1 aliphatic rings. The van der Waals surface area contributed by atoms with Gasteiger partial charge in [0.15, 0.2) is 0 Å². The number of cyclic esters (lactones) is 1. The molecule has 8 heavy (non-hydrogen) atoms. The molecule has 1 heterocycles. The Labute approximate surface area is 51.1 Å². The van der Waals surface area contributed by atoms with Gasteiger partial charge in [0, 0.05) is 0 Å². The normalized spacial score (nSPS) is 18.1. The van der Waals surface area contributed by atoms with Crippen LogP contribution in [0.4, 0.5) is 4.79 Å². The van der Waals surface area contributed by atoms with Crippen molar-refractivity contribution in [3.63, 3.8) is 0 Å². The minimum atomic E-state index is -0.464. The number of aliphatic imine (C=N–C) groups is 1. The van der Waals surface area contributed by atoms with E-state index in [9.17, 15) is 4.79 Å². The average Bonchev–Trinajstić information content (AvgIpc) is 2.14. The third-order valence-corrected chi connectivity index (χ3v) is 1.45. The molecule has 0 aromatic carbocycles. The van der Waals surface area contributed by atoms with Gasteiger partial charge in [-0.3, -0.25) is 0 Å². The van der Waals surface area contributed by atoms with E-state index in [1.807, 2.05) is 6.26 Å². The molecule has 1 rings (SSSR count). The van der Waals surface area contributed by atoms with E-state index in [1.165, 1.54) is 11.8 Å². The lowest BCUT2D eigenvalue weighted by Crippen LogP contribution is -1.93. The minimum absolute atomic E-state index is 0.361. The molecule has 0 N–H and O–H groups in total. The summed E-state index contributed by atoms with van der Waals surface area (Å²) in [6.45, 7) is 0.361. The Morgan fingerprint density at radius 3 is 2.88 bits per heavy atom. The summed E-state index contributed by atoms with van der Waals surface area (Å²) in [5, 5.41) is 0.759. The van der Waals surface area contributed by atoms with Gasteiger partial charge >= 0.3 is 6.09 Å². The molecule has 0 aromatic rings. The molecule has 0 saturated heterocycles. The zero-order chi connectivity index (χ0) is 5.98. The first-order valence-electron chi connectivity index (χ1n) is 2.11. The van der Waals surface area contributed by atoms with Gasteiger partial charge in [-0.25, -0.2) is 4.79 Å². The molecule has 0 saturated carbocycles. The van der Waals surface area contributed by atoms with Crippen molar-refractivity contribution < 1.29 is 9.53 Å². The van der Waals surface area contributed by atoms with Crippen molar-refractivity contribution in [2.24, 2.45) is 4.99 Å². The Balaban J connectivity index is 2.57. The molecular formula is C4H5NO2S. The molecule has 0 fully saturated rings. The van der Waals surface area contributed by atoms with Crippen LogP contribution in [0.3, 0.4) is 0 Å². The highest BCUT2D eigenvalue weighted by Crippen LogP contribution is 2.06. The first-order valence-corrected chi connectivity index (χ1v) is 3.33. The second kappa shape index (κ2) is 2.17. The Morgan fingerprint density at radius 1 is 1.88 bits per heavy atom. The number of nitrogens with zero attached hydrogens (tertiary/aromatic N) is 1. The van der Waals surface area contributed by atoms with E-state index in [1.54, 1.807) is 0 Å². The molecule has 0 bridgehead atoms. The highest BCUT2D eigenvalue weighted by atomic mass is 32.2. The number of rotatable bonds is 0. The van der Waals surface area contributed by atoms with E-state index in [0.717, 1.165) is 5.04 Å². The Kier molecular flexibility index (Phi) is 1.53. The molecule has 1 aliphatic heterocycles. The van der Waals surface area contributed by atoms with Gasteiger partial charge in [0.25, 0.3) is 0 Å². The van der Waals surface area contributed by atoms with Crippen molar-refractivity contribution in [2.45, 2.75) is 0 Å². The van der Waals surface area contributed by atoms with Crippen molar-refractivity contribution in [2.75, 3.05) is 12.9 Å². The van der Waals surface area contributed by atoms with Crippen molar-refractivity contribution in [3.05, 3.63) is 0 Å². The third kappa shape index (κ3) is 1.01. The molecular weight excluding hydrogens is 126 g/mol. The van der Waals surface area contributed by atoms with Crippen LogP contribution in [0.25, 0.3) is 0 Å². The Hall–Kier alpha value is -0.510. The summed E-state index contributed by atoms with van der Waals surface area (Å²) in [5.41, 5.74) is 0. The first kappa shape index (κ1) is 5.62. The first-order chi connectivity index (χ1) is 3.83. The molecule has 0 radical (unpaired) electrons. The SMILES string of the molecule is CSC1=NC(=O)OC1. The van der Waals surface area contributed by atoms with Crippen molar-refractivity contribution >= 4 is 22.9 Å². The average molecular weight is 131 g/mol. The number of thioether (sulfide) groups is 1. The van der Waals surface area contributed by atoms with E-state index in [-0.39, 0.29) is 0 Å². The summed E-state index contributed by atoms with van der Waals surface area (Å²) < 4.78 is 4.49. The van der Waals surface area contributed by atoms with Crippen molar-refractivity contribution in [3.8, 4) is 0 Å². The van der Waals surface area contributed by atoms with Gasteiger partial charge in [-0.05, 0) is 6.26 Å². The lowest BCUT2D eigenvalue weighted by Gasteiger charge is -1.85. The number of carbonyl (C=O) groups is 1. The monoisotopic (exact) mass is 131 g/mol. The molecule has 3 nitrogen and oxygen atoms in total. The molecule has 0 aromatic heterocycles. The van der Waals surface area contributed by atoms with Crippen molar-refractivity contribution in [1.82, 2.24) is 0 Å². The quantitative estimate of drug-likeness (QED) is 0.490. The maximum Gasteiger partial charge on any atom is 0.434 e. The largest absolute Gasteiger partial charge is 0.441 e. The summed E-state index contributed by atoms with van der Waals surface area (Å²) >= 11 is 1.44. The van der Waals surface area contributed by atoms with E-state index >= 15 is 0 Å². The topological polar surface area (TPSA) is 38.7 Å². The summed E-state index contributed by atoms with van der Waals surface area (Å²) in [6, 6.07) is 0. The zero-order valence-corrected chi connectivity index (χ0v) is 5.20. The fourth-order valence-electron chi connectivity index (χ4n) is 0.394. The van der Waals surface area contributed by atoms with Gasteiger partial charge in [0.2, 0.25) is 0 Å². The molecule has 0 aliphatic carbocycles. The van der Waals surface area contributed by atoms with E-state index in [2.05, 4.69) is 9.73 Å². The van der Waals surface area contributed by atoms with Gasteiger partial charge < -0.3 is 4.74 Å². The van der Waals surface area contributed by atoms with Gasteiger partial charge in [-0.2, -0.15) is 4.99 Å². The van der Waals surface area contributed by atoms with Crippen LogP contribution in [0.5, 0.6) is 0 Å². The lowest BCUT2D eigenvalue weighted by atomic mass is 10.8. The van der Waals surface area contributed by atoms with Crippen LogP contribution >= 0.6 is 11.8 Å². The predicted octanol–water partition coefficient (Wildman–Crippen LogP) is 0.898. The highest BCUT2D eigenvalue weighted by Gasteiger charge is 2.12. The molecule has 0 unspecified atom stereocenters. The highest BCUT2D eigenvalue weighted by molar-refractivity contribution is 8.13. The summed E-state index contributed by atoms with van der Waals surface area (Å²) in [6.07, 6.45) is 1.40. The van der Waals surface area contributed by atoms with Crippen LogP contribution < -0.4 is 0 Å². The Morgan fingerprint density at radius 2 is 2.62 bits per heavy atom.